The van der Waals surface area contributed by atoms with Crippen LogP contribution in [-0.2, 0) is 0 Å². The fraction of sp³-hybridized carbons (Fsp3) is 0.500. The molecule has 0 radical (unpaired) electrons. The minimum Gasteiger partial charge on any atom is -0.506 e. The summed E-state index contributed by atoms with van der Waals surface area (Å²) >= 11 is 4.17. The van der Waals surface area contributed by atoms with Crippen LogP contribution in [0.2, 0.25) is 0 Å². The van der Waals surface area contributed by atoms with Crippen LogP contribution in [0.4, 0.5) is 0 Å². The van der Waals surface area contributed by atoms with Crippen LogP contribution >= 0.6 is 45.2 Å². The number of aliphatic hydroxyl groups is 1. The maximum Gasteiger partial charge on any atom is 0.257 e. The van der Waals surface area contributed by atoms with E-state index in [1.54, 1.807) is 11.0 Å². The number of phenolic OH excluding ortho intramolecular Hbond substituents is 1. The quantitative estimate of drug-likeness (QED) is 0.583. The molecule has 1 saturated heterocycles. The first kappa shape index (κ1) is 16.3. The molecular formula is C14H17I2NO3. The first-order valence-corrected chi connectivity index (χ1v) is 8.65. The molecule has 2 N–H and O–H groups in total. The van der Waals surface area contributed by atoms with E-state index >= 15 is 0 Å². The van der Waals surface area contributed by atoms with Crippen molar-refractivity contribution in [3.05, 3.63) is 24.8 Å². The van der Waals surface area contributed by atoms with Crippen LogP contribution in [0.3, 0.4) is 0 Å². The summed E-state index contributed by atoms with van der Waals surface area (Å²) in [5, 5.41) is 20.2. The van der Waals surface area contributed by atoms with Gasteiger partial charge in [0.15, 0.2) is 0 Å². The van der Waals surface area contributed by atoms with Crippen molar-refractivity contribution in [1.82, 2.24) is 4.90 Å². The van der Waals surface area contributed by atoms with E-state index in [1.165, 1.54) is 0 Å². The topological polar surface area (TPSA) is 60.8 Å². The van der Waals surface area contributed by atoms with Crippen LogP contribution in [-0.4, -0.2) is 39.7 Å². The molecule has 2 rings (SSSR count). The highest BCUT2D eigenvalue weighted by Crippen LogP contribution is 2.29. The van der Waals surface area contributed by atoms with Gasteiger partial charge in [-0.05, 0) is 83.5 Å². The van der Waals surface area contributed by atoms with Gasteiger partial charge >= 0.3 is 0 Å². The first-order valence-electron chi connectivity index (χ1n) is 6.50. The van der Waals surface area contributed by atoms with E-state index in [4.69, 9.17) is 0 Å². The van der Waals surface area contributed by atoms with Crippen LogP contribution in [0.25, 0.3) is 0 Å². The minimum atomic E-state index is -0.698. The number of likely N-dealkylation sites (tertiary alicyclic amines) is 1. The van der Waals surface area contributed by atoms with Crippen molar-refractivity contribution < 1.29 is 15.0 Å². The Morgan fingerprint density at radius 3 is 2.70 bits per heavy atom. The van der Waals surface area contributed by atoms with Crippen molar-refractivity contribution in [3.8, 4) is 5.75 Å². The molecule has 1 aromatic carbocycles. The fourth-order valence-electron chi connectivity index (χ4n) is 2.37. The van der Waals surface area contributed by atoms with Crippen LogP contribution in [0.1, 0.15) is 36.5 Å². The van der Waals surface area contributed by atoms with E-state index < -0.39 is 5.60 Å². The van der Waals surface area contributed by atoms with E-state index in [1.807, 2.05) is 35.6 Å². The largest absolute Gasteiger partial charge is 0.506 e. The SMILES string of the molecule is CC1(O)CCCN(C(=O)c2cc(I)cc(I)c2O)CC1. The number of amides is 1. The highest BCUT2D eigenvalue weighted by molar-refractivity contribution is 14.1. The second kappa shape index (κ2) is 6.35. The van der Waals surface area contributed by atoms with Gasteiger partial charge in [-0.1, -0.05) is 0 Å². The summed E-state index contributed by atoms with van der Waals surface area (Å²) in [7, 11) is 0. The number of carbonyl (C=O) groups excluding carboxylic acids is 1. The van der Waals surface area contributed by atoms with Gasteiger partial charge in [-0.3, -0.25) is 4.79 Å². The molecular weight excluding hydrogens is 484 g/mol. The number of hydrogen-bond acceptors (Lipinski definition) is 3. The molecule has 1 unspecified atom stereocenters. The molecule has 1 aliphatic heterocycles. The lowest BCUT2D eigenvalue weighted by Crippen LogP contribution is -2.33. The summed E-state index contributed by atoms with van der Waals surface area (Å²) < 4.78 is 1.61. The number of rotatable bonds is 1. The molecule has 1 aromatic rings. The molecule has 6 heteroatoms. The van der Waals surface area contributed by atoms with E-state index in [0.29, 0.717) is 35.1 Å². The fourth-order valence-corrected chi connectivity index (χ4v) is 4.21. The number of aromatic hydroxyl groups is 1. The standard InChI is InChI=1S/C14H17I2NO3/c1-14(20)3-2-5-17(6-4-14)13(19)10-7-9(15)8-11(16)12(10)18/h7-8,18,20H,2-6H2,1H3. The molecule has 110 valence electrons. The van der Waals surface area contributed by atoms with Crippen molar-refractivity contribution in [2.75, 3.05) is 13.1 Å². The smallest absolute Gasteiger partial charge is 0.257 e. The van der Waals surface area contributed by atoms with Gasteiger partial charge in [0.2, 0.25) is 0 Å². The predicted molar refractivity (Wildman–Crippen MR) is 93.9 cm³/mol. The second-order valence-corrected chi connectivity index (χ2v) is 7.83. The second-order valence-electron chi connectivity index (χ2n) is 5.43. The molecule has 1 heterocycles. The number of benzene rings is 1. The van der Waals surface area contributed by atoms with Crippen molar-refractivity contribution in [1.29, 1.82) is 0 Å². The van der Waals surface area contributed by atoms with Crippen LogP contribution < -0.4 is 0 Å². The van der Waals surface area contributed by atoms with Gasteiger partial charge in [-0.25, -0.2) is 0 Å². The van der Waals surface area contributed by atoms with Gasteiger partial charge in [-0.2, -0.15) is 0 Å². The molecule has 0 spiro atoms. The first-order chi connectivity index (χ1) is 9.30. The Kier molecular flexibility index (Phi) is 5.17. The monoisotopic (exact) mass is 501 g/mol. The molecule has 4 nitrogen and oxygen atoms in total. The Bertz CT molecular complexity index is 531. The zero-order valence-corrected chi connectivity index (χ0v) is 15.5. The lowest BCUT2D eigenvalue weighted by molar-refractivity contribution is 0.0437. The maximum absolute atomic E-state index is 12.6. The third-order valence-electron chi connectivity index (χ3n) is 3.61. The van der Waals surface area contributed by atoms with Crippen LogP contribution in [0, 0.1) is 7.14 Å². The van der Waals surface area contributed by atoms with E-state index in [0.717, 1.165) is 9.99 Å². The van der Waals surface area contributed by atoms with E-state index in [-0.39, 0.29) is 11.7 Å². The Balaban J connectivity index is 2.23. The van der Waals surface area contributed by atoms with Gasteiger partial charge in [0, 0.05) is 16.7 Å². The molecule has 20 heavy (non-hydrogen) atoms. The van der Waals surface area contributed by atoms with E-state index in [9.17, 15) is 15.0 Å². The molecule has 0 aliphatic carbocycles. The highest BCUT2D eigenvalue weighted by Gasteiger charge is 2.28. The molecule has 1 amide bonds. The number of hydrogen-bond donors (Lipinski definition) is 2. The average molecular weight is 501 g/mol. The Morgan fingerprint density at radius 1 is 1.30 bits per heavy atom. The van der Waals surface area contributed by atoms with Gasteiger partial charge in [0.1, 0.15) is 5.75 Å². The van der Waals surface area contributed by atoms with Gasteiger partial charge in [0.25, 0.3) is 5.91 Å². The summed E-state index contributed by atoms with van der Waals surface area (Å²) in [5.74, 6) is -0.108. The lowest BCUT2D eigenvalue weighted by Gasteiger charge is -2.23. The van der Waals surface area contributed by atoms with Gasteiger partial charge < -0.3 is 15.1 Å². The summed E-state index contributed by atoms with van der Waals surface area (Å²) in [6, 6.07) is 3.55. The molecule has 0 aromatic heterocycles. The summed E-state index contributed by atoms with van der Waals surface area (Å²) in [5.41, 5.74) is -0.348. The zero-order valence-electron chi connectivity index (χ0n) is 11.2. The van der Waals surface area contributed by atoms with Crippen molar-refractivity contribution >= 4 is 51.1 Å². The third kappa shape index (κ3) is 3.76. The van der Waals surface area contributed by atoms with E-state index in [2.05, 4.69) is 22.6 Å². The number of phenols is 1. The number of nitrogens with zero attached hydrogens (tertiary/aromatic N) is 1. The Morgan fingerprint density at radius 2 is 2.00 bits per heavy atom. The third-order valence-corrected chi connectivity index (χ3v) is 5.05. The predicted octanol–water partition coefficient (Wildman–Crippen LogP) is 2.98. The summed E-state index contributed by atoms with van der Waals surface area (Å²) in [6.07, 6.45) is 2.05. The lowest BCUT2D eigenvalue weighted by atomic mass is 9.98. The number of carbonyl (C=O) groups is 1. The molecule has 1 fully saturated rings. The van der Waals surface area contributed by atoms with Crippen molar-refractivity contribution in [2.45, 2.75) is 31.8 Å². The van der Waals surface area contributed by atoms with Crippen molar-refractivity contribution in [3.63, 3.8) is 0 Å². The van der Waals surface area contributed by atoms with Gasteiger partial charge in [0.05, 0.1) is 14.7 Å². The maximum atomic E-state index is 12.6. The zero-order chi connectivity index (χ0) is 14.9. The van der Waals surface area contributed by atoms with Gasteiger partial charge in [-0.15, -0.1) is 0 Å². The minimum absolute atomic E-state index is 0.0482. The number of halogens is 2. The summed E-state index contributed by atoms with van der Waals surface area (Å²) in [4.78, 5) is 14.3. The molecule has 0 bridgehead atoms. The normalized spacial score (nSPS) is 23.5. The molecule has 0 saturated carbocycles. The molecule has 1 atom stereocenters. The Hall–Kier alpha value is -0.0900. The average Bonchev–Trinajstić information content (AvgIpc) is 2.54. The van der Waals surface area contributed by atoms with Crippen molar-refractivity contribution in [2.24, 2.45) is 0 Å². The molecule has 1 aliphatic rings. The van der Waals surface area contributed by atoms with Crippen LogP contribution in [0.15, 0.2) is 12.1 Å². The Labute approximate surface area is 145 Å². The highest BCUT2D eigenvalue weighted by atomic mass is 127. The summed E-state index contributed by atoms with van der Waals surface area (Å²) in [6.45, 7) is 2.96. The van der Waals surface area contributed by atoms with Crippen LogP contribution in [0.5, 0.6) is 5.75 Å².